The standard InChI is InChI=1S/C25H19F3N6O/c26-25(27,28)16-10-19-20(13-31-23(19)30-12-16)22-21(29)14-33-24(34-22)32-11-15-6-8-18(9-7-15)35-17-4-2-1-3-5-17/h1-10,12-14H,11,29H2,(H,30,31)(H,32,33,34). The Labute approximate surface area is 197 Å². The van der Waals surface area contributed by atoms with Crippen molar-refractivity contribution in [3.05, 3.63) is 90.4 Å². The van der Waals surface area contributed by atoms with Crippen LogP contribution >= 0.6 is 0 Å². The van der Waals surface area contributed by atoms with Gasteiger partial charge in [0.05, 0.1) is 17.4 Å². The first-order valence-electron chi connectivity index (χ1n) is 10.6. The van der Waals surface area contributed by atoms with E-state index in [1.165, 1.54) is 12.4 Å². The summed E-state index contributed by atoms with van der Waals surface area (Å²) in [6.07, 6.45) is -0.774. The number of aromatic amines is 1. The first-order chi connectivity index (χ1) is 16.9. The number of anilines is 2. The van der Waals surface area contributed by atoms with Gasteiger partial charge in [-0.1, -0.05) is 30.3 Å². The molecule has 7 nitrogen and oxygen atoms in total. The van der Waals surface area contributed by atoms with Gasteiger partial charge in [-0.2, -0.15) is 13.2 Å². The number of rotatable bonds is 6. The minimum Gasteiger partial charge on any atom is -0.457 e. The Bertz CT molecular complexity index is 1470. The number of pyridine rings is 1. The molecule has 0 aliphatic rings. The molecule has 10 heteroatoms. The molecule has 35 heavy (non-hydrogen) atoms. The van der Waals surface area contributed by atoms with E-state index in [1.807, 2.05) is 54.6 Å². The van der Waals surface area contributed by atoms with Gasteiger partial charge in [-0.05, 0) is 35.9 Å². The molecule has 5 rings (SSSR count). The Kier molecular flexibility index (Phi) is 5.69. The smallest absolute Gasteiger partial charge is 0.417 e. The maximum absolute atomic E-state index is 13.2. The van der Waals surface area contributed by atoms with Gasteiger partial charge in [-0.3, -0.25) is 0 Å². The number of nitrogens with two attached hydrogens (primary N) is 1. The highest BCUT2D eigenvalue weighted by molar-refractivity contribution is 5.95. The average Bonchev–Trinajstić information content (AvgIpc) is 3.28. The summed E-state index contributed by atoms with van der Waals surface area (Å²) in [5.74, 6) is 1.74. The van der Waals surface area contributed by atoms with Crippen LogP contribution in [0.3, 0.4) is 0 Å². The van der Waals surface area contributed by atoms with E-state index in [0.717, 1.165) is 23.6 Å². The van der Waals surface area contributed by atoms with E-state index in [4.69, 9.17) is 10.5 Å². The van der Waals surface area contributed by atoms with Gasteiger partial charge in [0, 0.05) is 29.9 Å². The van der Waals surface area contributed by atoms with E-state index in [1.54, 1.807) is 0 Å². The van der Waals surface area contributed by atoms with Crippen molar-refractivity contribution in [2.24, 2.45) is 0 Å². The quantitative estimate of drug-likeness (QED) is 0.277. The molecule has 0 saturated carbocycles. The number of fused-ring (bicyclic) bond motifs is 1. The number of alkyl halides is 3. The predicted molar refractivity (Wildman–Crippen MR) is 127 cm³/mol. The third kappa shape index (κ3) is 4.86. The molecular formula is C25H19F3N6O. The number of para-hydroxylation sites is 1. The van der Waals surface area contributed by atoms with Crippen molar-refractivity contribution >= 4 is 22.7 Å². The van der Waals surface area contributed by atoms with E-state index < -0.39 is 11.7 Å². The number of nitrogens with one attached hydrogen (secondary N) is 2. The van der Waals surface area contributed by atoms with Gasteiger partial charge in [0.15, 0.2) is 0 Å². The highest BCUT2D eigenvalue weighted by Crippen LogP contribution is 2.35. The molecule has 4 N–H and O–H groups in total. The van der Waals surface area contributed by atoms with E-state index in [-0.39, 0.29) is 17.0 Å². The second kappa shape index (κ2) is 8.98. The minimum atomic E-state index is -4.51. The van der Waals surface area contributed by atoms with Crippen LogP contribution in [0.2, 0.25) is 0 Å². The summed E-state index contributed by atoms with van der Waals surface area (Å²) in [6.45, 7) is 0.419. The molecule has 0 atom stereocenters. The summed E-state index contributed by atoms with van der Waals surface area (Å²) in [7, 11) is 0. The van der Waals surface area contributed by atoms with Crippen LogP contribution in [0.5, 0.6) is 11.5 Å². The Morgan fingerprint density at radius 1 is 0.943 bits per heavy atom. The summed E-state index contributed by atoms with van der Waals surface area (Å²) in [4.78, 5) is 15.4. The third-order valence-corrected chi connectivity index (χ3v) is 5.28. The Morgan fingerprint density at radius 2 is 1.69 bits per heavy atom. The lowest BCUT2D eigenvalue weighted by molar-refractivity contribution is -0.137. The van der Waals surface area contributed by atoms with Gasteiger partial charge in [-0.25, -0.2) is 15.0 Å². The highest BCUT2D eigenvalue weighted by Gasteiger charge is 2.31. The van der Waals surface area contributed by atoms with Crippen LogP contribution in [0, 0.1) is 0 Å². The number of hydrogen-bond donors (Lipinski definition) is 3. The van der Waals surface area contributed by atoms with Gasteiger partial charge in [-0.15, -0.1) is 0 Å². The second-order valence-electron chi connectivity index (χ2n) is 7.73. The molecule has 0 saturated heterocycles. The zero-order chi connectivity index (χ0) is 24.4. The number of nitrogen functional groups attached to an aromatic ring is 1. The third-order valence-electron chi connectivity index (χ3n) is 5.28. The van der Waals surface area contributed by atoms with Crippen molar-refractivity contribution in [1.29, 1.82) is 0 Å². The maximum atomic E-state index is 13.2. The van der Waals surface area contributed by atoms with E-state index in [2.05, 4.69) is 25.3 Å². The number of hydrogen-bond acceptors (Lipinski definition) is 6. The van der Waals surface area contributed by atoms with E-state index in [0.29, 0.717) is 29.2 Å². The zero-order valence-electron chi connectivity index (χ0n) is 18.2. The van der Waals surface area contributed by atoms with Crippen molar-refractivity contribution in [1.82, 2.24) is 19.9 Å². The van der Waals surface area contributed by atoms with Crippen molar-refractivity contribution < 1.29 is 17.9 Å². The number of benzene rings is 2. The first-order valence-corrected chi connectivity index (χ1v) is 10.6. The maximum Gasteiger partial charge on any atom is 0.417 e. The monoisotopic (exact) mass is 476 g/mol. The van der Waals surface area contributed by atoms with Gasteiger partial charge < -0.3 is 20.8 Å². The van der Waals surface area contributed by atoms with Crippen LogP contribution in [-0.4, -0.2) is 19.9 Å². The van der Waals surface area contributed by atoms with Crippen LogP contribution in [0.15, 0.2) is 79.3 Å². The topological polar surface area (TPSA) is 102 Å². The fraction of sp³-hybridized carbons (Fsp3) is 0.0800. The molecule has 5 aromatic rings. The first kappa shape index (κ1) is 22.2. The van der Waals surface area contributed by atoms with E-state index >= 15 is 0 Å². The largest absolute Gasteiger partial charge is 0.457 e. The average molecular weight is 476 g/mol. The van der Waals surface area contributed by atoms with Gasteiger partial charge in [0.25, 0.3) is 0 Å². The number of nitrogens with zero attached hydrogens (tertiary/aromatic N) is 3. The molecule has 0 aliphatic carbocycles. The van der Waals surface area contributed by atoms with Gasteiger partial charge in [0.1, 0.15) is 22.8 Å². The molecule has 0 fully saturated rings. The van der Waals surface area contributed by atoms with Crippen molar-refractivity contribution in [3.63, 3.8) is 0 Å². The molecule has 0 aliphatic heterocycles. The van der Waals surface area contributed by atoms with Crippen LogP contribution in [0.25, 0.3) is 22.3 Å². The van der Waals surface area contributed by atoms with Crippen LogP contribution in [-0.2, 0) is 12.7 Å². The molecule has 3 heterocycles. The van der Waals surface area contributed by atoms with Crippen LogP contribution in [0.4, 0.5) is 24.8 Å². The van der Waals surface area contributed by atoms with Crippen molar-refractivity contribution in [3.8, 4) is 22.8 Å². The number of H-pyrrole nitrogens is 1. The zero-order valence-corrected chi connectivity index (χ0v) is 18.2. The van der Waals surface area contributed by atoms with Crippen LogP contribution < -0.4 is 15.8 Å². The molecule has 0 spiro atoms. The summed E-state index contributed by atoms with van der Waals surface area (Å²) in [5.41, 5.74) is 7.42. The lowest BCUT2D eigenvalue weighted by atomic mass is 10.1. The lowest BCUT2D eigenvalue weighted by Crippen LogP contribution is -2.06. The number of aromatic nitrogens is 4. The molecule has 2 aromatic carbocycles. The summed E-state index contributed by atoms with van der Waals surface area (Å²) < 4.78 is 45.3. The lowest BCUT2D eigenvalue weighted by Gasteiger charge is -2.10. The molecular weight excluding hydrogens is 457 g/mol. The summed E-state index contributed by atoms with van der Waals surface area (Å²) in [6, 6.07) is 18.0. The Hall–Kier alpha value is -4.60. The van der Waals surface area contributed by atoms with Crippen molar-refractivity contribution in [2.45, 2.75) is 12.7 Å². The fourth-order valence-electron chi connectivity index (χ4n) is 3.53. The molecule has 0 radical (unpaired) electrons. The molecule has 176 valence electrons. The number of ether oxygens (including phenoxy) is 1. The molecule has 3 aromatic heterocycles. The highest BCUT2D eigenvalue weighted by atomic mass is 19.4. The SMILES string of the molecule is Nc1cnc(NCc2ccc(Oc3ccccc3)cc2)nc1-c1c[nH]c2ncc(C(F)(F)F)cc12. The molecule has 0 amide bonds. The van der Waals surface area contributed by atoms with Crippen LogP contribution in [0.1, 0.15) is 11.1 Å². The Morgan fingerprint density at radius 3 is 2.43 bits per heavy atom. The predicted octanol–water partition coefficient (Wildman–Crippen LogP) is 6.03. The second-order valence-corrected chi connectivity index (χ2v) is 7.73. The molecule has 0 unspecified atom stereocenters. The van der Waals surface area contributed by atoms with Gasteiger partial charge in [0.2, 0.25) is 5.95 Å². The fourth-order valence-corrected chi connectivity index (χ4v) is 3.53. The molecule has 0 bridgehead atoms. The van der Waals surface area contributed by atoms with Gasteiger partial charge >= 0.3 is 6.18 Å². The Balaban J connectivity index is 1.34. The van der Waals surface area contributed by atoms with Crippen molar-refractivity contribution in [2.75, 3.05) is 11.1 Å². The number of halogens is 3. The summed E-state index contributed by atoms with van der Waals surface area (Å²) >= 11 is 0. The minimum absolute atomic E-state index is 0.233. The normalized spacial score (nSPS) is 11.5. The summed E-state index contributed by atoms with van der Waals surface area (Å²) in [5, 5.41) is 3.39. The van der Waals surface area contributed by atoms with E-state index in [9.17, 15) is 13.2 Å².